The number of carbonyl (C=O) groups is 3. The first-order chi connectivity index (χ1) is 16.5. The molecule has 0 fully saturated rings. The second kappa shape index (κ2) is 12.2. The normalized spacial score (nSPS) is 12.7. The van der Waals surface area contributed by atoms with Crippen molar-refractivity contribution in [3.63, 3.8) is 0 Å². The molecule has 2 rings (SSSR count). The van der Waals surface area contributed by atoms with E-state index < -0.39 is 42.2 Å². The Bertz CT molecular complexity index is 1030. The van der Waals surface area contributed by atoms with Crippen LogP contribution in [0.5, 0.6) is 0 Å². The van der Waals surface area contributed by atoms with Crippen LogP contribution in [0.2, 0.25) is 0 Å². The number of nitrogens with one attached hydrogen (secondary N) is 2. The van der Waals surface area contributed by atoms with Crippen molar-refractivity contribution in [1.29, 1.82) is 0 Å². The lowest BCUT2D eigenvalue weighted by atomic mass is 10.0. The number of alkyl carbamates (subject to hydrolysis) is 1. The Hall–Kier alpha value is -3.65. The number of aliphatic hydroxyl groups excluding tert-OH is 1. The average Bonchev–Trinajstić information content (AvgIpc) is 2.78. The quantitative estimate of drug-likeness (QED) is 0.471. The molecule has 0 heterocycles. The Labute approximate surface area is 207 Å². The Kier molecular flexibility index (Phi) is 9.59. The molecule has 0 saturated heterocycles. The summed E-state index contributed by atoms with van der Waals surface area (Å²) in [7, 11) is 0. The van der Waals surface area contributed by atoms with Crippen LogP contribution < -0.4 is 10.6 Å². The minimum atomic E-state index is -1.32. The third kappa shape index (κ3) is 7.68. The van der Waals surface area contributed by atoms with Gasteiger partial charge < -0.3 is 25.4 Å². The average molecular weight is 482 g/mol. The second-order valence-electron chi connectivity index (χ2n) is 9.23. The van der Waals surface area contributed by atoms with E-state index in [2.05, 4.69) is 17.2 Å². The van der Waals surface area contributed by atoms with Gasteiger partial charge in [-0.3, -0.25) is 9.59 Å². The highest BCUT2D eigenvalue weighted by atomic mass is 16.6. The summed E-state index contributed by atoms with van der Waals surface area (Å²) in [6.45, 7) is 11.9. The van der Waals surface area contributed by atoms with Gasteiger partial charge in [0, 0.05) is 12.2 Å². The molecule has 8 nitrogen and oxygen atoms in total. The molecule has 8 heteroatoms. The second-order valence-corrected chi connectivity index (χ2v) is 9.23. The van der Waals surface area contributed by atoms with Gasteiger partial charge >= 0.3 is 6.09 Å². The summed E-state index contributed by atoms with van der Waals surface area (Å²) in [6, 6.07) is 12.2. The first-order valence-corrected chi connectivity index (χ1v) is 11.4. The van der Waals surface area contributed by atoms with Crippen molar-refractivity contribution in [2.45, 2.75) is 52.3 Å². The highest BCUT2D eigenvalue weighted by Crippen LogP contribution is 2.26. The molecular formula is C27H35N3O5. The van der Waals surface area contributed by atoms with E-state index in [0.717, 1.165) is 11.1 Å². The monoisotopic (exact) mass is 481 g/mol. The van der Waals surface area contributed by atoms with Crippen LogP contribution in [0.15, 0.2) is 61.2 Å². The van der Waals surface area contributed by atoms with Crippen LogP contribution >= 0.6 is 0 Å². The minimum absolute atomic E-state index is 0.00503. The number of aliphatic hydroxyl groups is 1. The summed E-state index contributed by atoms with van der Waals surface area (Å²) >= 11 is 0. The number of benzene rings is 2. The van der Waals surface area contributed by atoms with E-state index in [1.807, 2.05) is 38.1 Å². The molecule has 2 unspecified atom stereocenters. The summed E-state index contributed by atoms with van der Waals surface area (Å²) in [5.74, 6) is -1.08. The zero-order valence-electron chi connectivity index (χ0n) is 21.0. The van der Waals surface area contributed by atoms with Crippen molar-refractivity contribution in [2.24, 2.45) is 0 Å². The number of hydrogen-bond acceptors (Lipinski definition) is 5. The molecule has 3 N–H and O–H groups in total. The van der Waals surface area contributed by atoms with E-state index in [1.54, 1.807) is 45.0 Å². The van der Waals surface area contributed by atoms with Gasteiger partial charge in [0.15, 0.2) is 0 Å². The summed E-state index contributed by atoms with van der Waals surface area (Å²) in [4.78, 5) is 40.8. The Balaban J connectivity index is 2.44. The highest BCUT2D eigenvalue weighted by Gasteiger charge is 2.35. The molecule has 0 spiro atoms. The topological polar surface area (TPSA) is 108 Å². The van der Waals surface area contributed by atoms with Crippen molar-refractivity contribution in [1.82, 2.24) is 10.2 Å². The molecule has 188 valence electrons. The predicted molar refractivity (Wildman–Crippen MR) is 136 cm³/mol. The fourth-order valence-electron chi connectivity index (χ4n) is 3.61. The fraction of sp³-hybridized carbons (Fsp3) is 0.370. The smallest absolute Gasteiger partial charge is 0.408 e. The predicted octanol–water partition coefficient (Wildman–Crippen LogP) is 3.88. The molecule has 0 radical (unpaired) electrons. The molecule has 0 aliphatic rings. The number of nitrogens with zero attached hydrogens (tertiary/aromatic N) is 1. The zero-order valence-corrected chi connectivity index (χ0v) is 21.0. The molecule has 2 aromatic carbocycles. The first kappa shape index (κ1) is 27.6. The number of carbonyl (C=O) groups excluding carboxylic acids is 3. The Morgan fingerprint density at radius 1 is 1.06 bits per heavy atom. The maximum absolute atomic E-state index is 13.6. The van der Waals surface area contributed by atoms with Crippen molar-refractivity contribution >= 4 is 23.6 Å². The van der Waals surface area contributed by atoms with Gasteiger partial charge in [-0.25, -0.2) is 4.79 Å². The largest absolute Gasteiger partial charge is 0.444 e. The van der Waals surface area contributed by atoms with Crippen LogP contribution in [-0.4, -0.2) is 52.7 Å². The van der Waals surface area contributed by atoms with Gasteiger partial charge in [-0.15, -0.1) is 6.58 Å². The standard InChI is InChI=1S/C27H35N3O5/c1-7-16-30(25(33)21(17-31)28-26(34)35-27(4,5)6)23(20-14-9-8-10-15-20)24(32)29-22-18(2)12-11-13-19(22)3/h7-15,21,23,31H,1,16-17H2,2-6H3,(H,28,34)(H,29,32). The van der Waals surface area contributed by atoms with E-state index in [4.69, 9.17) is 4.74 Å². The zero-order chi connectivity index (χ0) is 26.2. The number of para-hydroxylation sites is 1. The molecule has 35 heavy (non-hydrogen) atoms. The molecule has 0 saturated carbocycles. The van der Waals surface area contributed by atoms with Gasteiger partial charge in [-0.2, -0.15) is 0 Å². The fourth-order valence-corrected chi connectivity index (χ4v) is 3.61. The number of rotatable bonds is 9. The number of anilines is 1. The van der Waals surface area contributed by atoms with Crippen LogP contribution in [-0.2, 0) is 14.3 Å². The van der Waals surface area contributed by atoms with Crippen LogP contribution in [0.1, 0.15) is 43.5 Å². The van der Waals surface area contributed by atoms with E-state index >= 15 is 0 Å². The van der Waals surface area contributed by atoms with Crippen molar-refractivity contribution in [3.05, 3.63) is 77.9 Å². The van der Waals surface area contributed by atoms with Crippen LogP contribution in [0.25, 0.3) is 0 Å². The lowest BCUT2D eigenvalue weighted by Gasteiger charge is -2.33. The van der Waals surface area contributed by atoms with Crippen LogP contribution in [0.4, 0.5) is 10.5 Å². The summed E-state index contributed by atoms with van der Waals surface area (Å²) in [5, 5.41) is 15.3. The van der Waals surface area contributed by atoms with Gasteiger partial charge in [0.2, 0.25) is 5.91 Å². The summed E-state index contributed by atoms with van der Waals surface area (Å²) in [5.41, 5.74) is 2.21. The lowest BCUT2D eigenvalue weighted by Crippen LogP contribution is -2.53. The number of hydrogen-bond donors (Lipinski definition) is 3. The minimum Gasteiger partial charge on any atom is -0.444 e. The third-order valence-corrected chi connectivity index (χ3v) is 5.19. The van der Waals surface area contributed by atoms with Crippen LogP contribution in [0, 0.1) is 13.8 Å². The Morgan fingerprint density at radius 3 is 2.17 bits per heavy atom. The maximum atomic E-state index is 13.6. The van der Waals surface area contributed by atoms with Crippen LogP contribution in [0.3, 0.4) is 0 Å². The maximum Gasteiger partial charge on any atom is 0.408 e. The van der Waals surface area contributed by atoms with E-state index in [1.165, 1.54) is 11.0 Å². The molecule has 0 aliphatic heterocycles. The number of amides is 3. The molecule has 2 aromatic rings. The van der Waals surface area contributed by atoms with Gasteiger partial charge in [-0.1, -0.05) is 54.6 Å². The SMILES string of the molecule is C=CCN(C(=O)C(CO)NC(=O)OC(C)(C)C)C(C(=O)Nc1c(C)cccc1C)c1ccccc1. The van der Waals surface area contributed by atoms with Gasteiger partial charge in [0.05, 0.1) is 6.61 Å². The number of ether oxygens (including phenoxy) is 1. The molecule has 0 aliphatic carbocycles. The lowest BCUT2D eigenvalue weighted by molar-refractivity contribution is -0.140. The number of aryl methyl sites for hydroxylation is 2. The van der Waals surface area contributed by atoms with Gasteiger partial charge in [-0.05, 0) is 51.3 Å². The van der Waals surface area contributed by atoms with Crippen molar-refractivity contribution in [2.75, 3.05) is 18.5 Å². The molecule has 3 amide bonds. The van der Waals surface area contributed by atoms with Crippen molar-refractivity contribution in [3.8, 4) is 0 Å². The highest BCUT2D eigenvalue weighted by molar-refractivity contribution is 6.00. The molecule has 2 atom stereocenters. The van der Waals surface area contributed by atoms with E-state index in [9.17, 15) is 19.5 Å². The van der Waals surface area contributed by atoms with Gasteiger partial charge in [0.1, 0.15) is 17.7 Å². The van der Waals surface area contributed by atoms with E-state index in [0.29, 0.717) is 11.3 Å². The molecule has 0 bridgehead atoms. The summed E-state index contributed by atoms with van der Waals surface area (Å²) < 4.78 is 5.23. The van der Waals surface area contributed by atoms with Crippen molar-refractivity contribution < 1.29 is 24.2 Å². The Morgan fingerprint density at radius 2 is 1.66 bits per heavy atom. The molecule has 0 aromatic heterocycles. The van der Waals surface area contributed by atoms with E-state index in [-0.39, 0.29) is 6.54 Å². The first-order valence-electron chi connectivity index (χ1n) is 11.4. The third-order valence-electron chi connectivity index (χ3n) is 5.19. The molecular weight excluding hydrogens is 446 g/mol. The summed E-state index contributed by atoms with van der Waals surface area (Å²) in [6.07, 6.45) is 0.641. The van der Waals surface area contributed by atoms with Gasteiger partial charge in [0.25, 0.3) is 5.91 Å².